The van der Waals surface area contributed by atoms with Gasteiger partial charge in [0.1, 0.15) is 0 Å². The van der Waals surface area contributed by atoms with E-state index in [1.165, 1.54) is 0 Å². The number of hydrogen-bond acceptors (Lipinski definition) is 3. The number of benzene rings is 1. The fraction of sp³-hybridized carbons (Fsp3) is 0.455. The van der Waals surface area contributed by atoms with E-state index in [-0.39, 0.29) is 6.61 Å². The van der Waals surface area contributed by atoms with Crippen molar-refractivity contribution in [3.63, 3.8) is 0 Å². The van der Waals surface area contributed by atoms with Gasteiger partial charge in [0.25, 0.3) is 0 Å². The maximum absolute atomic E-state index is 9.25. The Balaban J connectivity index is 2.85. The van der Waals surface area contributed by atoms with Crippen LogP contribution in [-0.2, 0) is 6.61 Å². The van der Waals surface area contributed by atoms with Crippen LogP contribution in [0.15, 0.2) is 18.2 Å². The average Bonchev–Trinajstić information content (AvgIpc) is 2.16. The third-order valence-electron chi connectivity index (χ3n) is 2.14. The van der Waals surface area contributed by atoms with E-state index >= 15 is 0 Å². The third-order valence-corrected chi connectivity index (χ3v) is 2.45. The molecule has 0 spiro atoms. The SMILES string of the molecule is CC(O)CN(C)c1ccc(CO)cc1Cl. The summed E-state index contributed by atoms with van der Waals surface area (Å²) in [5.74, 6) is 0. The molecule has 0 radical (unpaired) electrons. The lowest BCUT2D eigenvalue weighted by molar-refractivity contribution is 0.201. The van der Waals surface area contributed by atoms with Gasteiger partial charge in [-0.2, -0.15) is 0 Å². The van der Waals surface area contributed by atoms with Gasteiger partial charge in [-0.1, -0.05) is 17.7 Å². The van der Waals surface area contributed by atoms with E-state index in [9.17, 15) is 5.11 Å². The minimum atomic E-state index is -0.399. The molecule has 0 fully saturated rings. The number of likely N-dealkylation sites (N-methyl/N-ethyl adjacent to an activating group) is 1. The fourth-order valence-electron chi connectivity index (χ4n) is 1.45. The molecule has 1 aromatic rings. The van der Waals surface area contributed by atoms with Crippen molar-refractivity contribution >= 4 is 17.3 Å². The topological polar surface area (TPSA) is 43.7 Å². The summed E-state index contributed by atoms with van der Waals surface area (Å²) in [5, 5.41) is 18.8. The highest BCUT2D eigenvalue weighted by Crippen LogP contribution is 2.26. The second-order valence-electron chi connectivity index (χ2n) is 3.67. The van der Waals surface area contributed by atoms with Crippen LogP contribution in [0.3, 0.4) is 0 Å². The molecule has 1 aromatic carbocycles. The molecule has 3 nitrogen and oxygen atoms in total. The lowest BCUT2D eigenvalue weighted by atomic mass is 10.2. The lowest BCUT2D eigenvalue weighted by Gasteiger charge is -2.22. The van der Waals surface area contributed by atoms with Crippen molar-refractivity contribution in [3.8, 4) is 0 Å². The molecule has 0 aliphatic rings. The molecule has 4 heteroatoms. The molecule has 0 saturated carbocycles. The van der Waals surface area contributed by atoms with Crippen LogP contribution in [0.5, 0.6) is 0 Å². The fourth-order valence-corrected chi connectivity index (χ4v) is 1.80. The summed E-state index contributed by atoms with van der Waals surface area (Å²) >= 11 is 6.05. The highest BCUT2D eigenvalue weighted by molar-refractivity contribution is 6.33. The monoisotopic (exact) mass is 229 g/mol. The molecule has 0 aliphatic heterocycles. The number of hydrogen-bond donors (Lipinski definition) is 2. The maximum Gasteiger partial charge on any atom is 0.0686 e. The summed E-state index contributed by atoms with van der Waals surface area (Å²) in [6.45, 7) is 2.24. The number of nitrogens with zero attached hydrogens (tertiary/aromatic N) is 1. The van der Waals surface area contributed by atoms with Crippen molar-refractivity contribution in [1.29, 1.82) is 0 Å². The van der Waals surface area contributed by atoms with Crippen LogP contribution >= 0.6 is 11.6 Å². The molecule has 0 aliphatic carbocycles. The van der Waals surface area contributed by atoms with E-state index in [0.29, 0.717) is 11.6 Å². The Morgan fingerprint density at radius 1 is 1.47 bits per heavy atom. The van der Waals surface area contributed by atoms with E-state index in [1.807, 2.05) is 24.1 Å². The van der Waals surface area contributed by atoms with Gasteiger partial charge in [-0.15, -0.1) is 0 Å². The summed E-state index contributed by atoms with van der Waals surface area (Å²) in [5.41, 5.74) is 1.64. The van der Waals surface area contributed by atoms with Crippen molar-refractivity contribution < 1.29 is 10.2 Å². The van der Waals surface area contributed by atoms with E-state index in [0.717, 1.165) is 11.3 Å². The predicted octanol–water partition coefficient (Wildman–Crippen LogP) is 1.65. The minimum Gasteiger partial charge on any atom is -0.392 e. The Bertz CT molecular complexity index is 328. The largest absolute Gasteiger partial charge is 0.392 e. The summed E-state index contributed by atoms with van der Waals surface area (Å²) in [6, 6.07) is 5.39. The van der Waals surface area contributed by atoms with Gasteiger partial charge in [0.2, 0.25) is 0 Å². The molecule has 1 atom stereocenters. The van der Waals surface area contributed by atoms with Gasteiger partial charge in [0.05, 0.1) is 23.4 Å². The molecule has 0 bridgehead atoms. The highest BCUT2D eigenvalue weighted by atomic mass is 35.5. The maximum atomic E-state index is 9.25. The smallest absolute Gasteiger partial charge is 0.0686 e. The number of rotatable bonds is 4. The van der Waals surface area contributed by atoms with Crippen LogP contribution in [0.2, 0.25) is 5.02 Å². The normalized spacial score (nSPS) is 12.6. The van der Waals surface area contributed by atoms with Gasteiger partial charge in [0, 0.05) is 13.6 Å². The first-order valence-electron chi connectivity index (χ1n) is 4.83. The van der Waals surface area contributed by atoms with Gasteiger partial charge >= 0.3 is 0 Å². The van der Waals surface area contributed by atoms with E-state index in [2.05, 4.69) is 0 Å². The highest BCUT2D eigenvalue weighted by Gasteiger charge is 2.08. The van der Waals surface area contributed by atoms with Crippen LogP contribution < -0.4 is 4.90 Å². The Kier molecular flexibility index (Phi) is 4.39. The third kappa shape index (κ3) is 3.38. The van der Waals surface area contributed by atoms with Crippen molar-refractivity contribution in [2.45, 2.75) is 19.6 Å². The molecule has 15 heavy (non-hydrogen) atoms. The zero-order valence-electron chi connectivity index (χ0n) is 8.94. The number of anilines is 1. The number of aliphatic hydroxyl groups is 2. The first-order valence-corrected chi connectivity index (χ1v) is 5.21. The van der Waals surface area contributed by atoms with E-state index in [1.54, 1.807) is 13.0 Å². The van der Waals surface area contributed by atoms with Gasteiger partial charge in [-0.05, 0) is 24.6 Å². The lowest BCUT2D eigenvalue weighted by Crippen LogP contribution is -2.27. The predicted molar refractivity (Wildman–Crippen MR) is 62.3 cm³/mol. The molecule has 0 aromatic heterocycles. The van der Waals surface area contributed by atoms with Gasteiger partial charge < -0.3 is 15.1 Å². The van der Waals surface area contributed by atoms with Crippen molar-refractivity contribution in [1.82, 2.24) is 0 Å². The standard InChI is InChI=1S/C11H16ClNO2/c1-8(15)6-13(2)11-4-3-9(7-14)5-10(11)12/h3-5,8,14-15H,6-7H2,1-2H3. The van der Waals surface area contributed by atoms with Crippen molar-refractivity contribution in [2.75, 3.05) is 18.5 Å². The Morgan fingerprint density at radius 3 is 2.60 bits per heavy atom. The van der Waals surface area contributed by atoms with Crippen LogP contribution in [0, 0.1) is 0 Å². The molecule has 1 unspecified atom stereocenters. The number of halogens is 1. The van der Waals surface area contributed by atoms with Crippen LogP contribution in [0.4, 0.5) is 5.69 Å². The summed E-state index contributed by atoms with van der Waals surface area (Å²) in [4.78, 5) is 1.88. The molecule has 0 heterocycles. The molecule has 1 rings (SSSR count). The second kappa shape index (κ2) is 5.35. The molecular weight excluding hydrogens is 214 g/mol. The van der Waals surface area contributed by atoms with Crippen LogP contribution in [-0.4, -0.2) is 29.9 Å². The van der Waals surface area contributed by atoms with E-state index < -0.39 is 6.10 Å². The van der Waals surface area contributed by atoms with Gasteiger partial charge in [-0.25, -0.2) is 0 Å². The average molecular weight is 230 g/mol. The number of aliphatic hydroxyl groups excluding tert-OH is 2. The van der Waals surface area contributed by atoms with Gasteiger partial charge in [0.15, 0.2) is 0 Å². The van der Waals surface area contributed by atoms with Crippen molar-refractivity contribution in [3.05, 3.63) is 28.8 Å². The first kappa shape index (κ1) is 12.3. The Hall–Kier alpha value is -0.770. The molecular formula is C11H16ClNO2. The summed E-state index contributed by atoms with van der Waals surface area (Å²) in [7, 11) is 1.87. The van der Waals surface area contributed by atoms with Gasteiger partial charge in [-0.3, -0.25) is 0 Å². The first-order chi connectivity index (χ1) is 7.04. The minimum absolute atomic E-state index is 0.0138. The molecule has 0 amide bonds. The summed E-state index contributed by atoms with van der Waals surface area (Å²) < 4.78 is 0. The molecule has 84 valence electrons. The zero-order chi connectivity index (χ0) is 11.4. The second-order valence-corrected chi connectivity index (χ2v) is 4.08. The van der Waals surface area contributed by atoms with Crippen LogP contribution in [0.25, 0.3) is 0 Å². The quantitative estimate of drug-likeness (QED) is 0.825. The van der Waals surface area contributed by atoms with E-state index in [4.69, 9.17) is 16.7 Å². The molecule has 0 saturated heterocycles. The summed E-state index contributed by atoms with van der Waals surface area (Å²) in [6.07, 6.45) is -0.399. The Labute approximate surface area is 94.9 Å². The Morgan fingerprint density at radius 2 is 2.13 bits per heavy atom. The van der Waals surface area contributed by atoms with Crippen LogP contribution in [0.1, 0.15) is 12.5 Å². The molecule has 2 N–H and O–H groups in total. The zero-order valence-corrected chi connectivity index (χ0v) is 9.70. The van der Waals surface area contributed by atoms with Crippen molar-refractivity contribution in [2.24, 2.45) is 0 Å².